The molecule has 0 spiro atoms. The average molecular weight is 304 g/mol. The van der Waals surface area contributed by atoms with E-state index in [9.17, 15) is 0 Å². The lowest BCUT2D eigenvalue weighted by Crippen LogP contribution is -2.38. The van der Waals surface area contributed by atoms with Crippen molar-refractivity contribution in [2.24, 2.45) is 16.6 Å². The van der Waals surface area contributed by atoms with Gasteiger partial charge in [0.2, 0.25) is 0 Å². The third-order valence-corrected chi connectivity index (χ3v) is 4.36. The molecule has 0 aromatic heterocycles. The Hall–Kier alpha value is -1.75. The van der Waals surface area contributed by atoms with Gasteiger partial charge in [0.05, 0.1) is 19.7 Å². The van der Waals surface area contributed by atoms with Gasteiger partial charge in [-0.05, 0) is 50.6 Å². The monoisotopic (exact) mass is 304 g/mol. The maximum absolute atomic E-state index is 5.97. The van der Waals surface area contributed by atoms with Crippen LogP contribution in [0.2, 0.25) is 0 Å². The van der Waals surface area contributed by atoms with E-state index >= 15 is 0 Å². The highest BCUT2D eigenvalue weighted by Crippen LogP contribution is 2.25. The summed E-state index contributed by atoms with van der Waals surface area (Å²) < 4.78 is 5.21. The van der Waals surface area contributed by atoms with Crippen molar-refractivity contribution in [1.82, 2.24) is 10.2 Å². The first-order valence-electron chi connectivity index (χ1n) is 7.94. The Morgan fingerprint density at radius 3 is 2.55 bits per heavy atom. The average Bonchev–Trinajstić information content (AvgIpc) is 2.46. The molecule has 0 radical (unpaired) electrons. The molecule has 0 saturated heterocycles. The second kappa shape index (κ2) is 8.03. The van der Waals surface area contributed by atoms with Crippen molar-refractivity contribution in [3.05, 3.63) is 29.8 Å². The number of nitrogens with one attached hydrogen (secondary N) is 1. The second-order valence-corrected chi connectivity index (χ2v) is 6.16. The van der Waals surface area contributed by atoms with E-state index in [4.69, 9.17) is 10.5 Å². The summed E-state index contributed by atoms with van der Waals surface area (Å²) in [5.41, 5.74) is 7.18. The van der Waals surface area contributed by atoms with Crippen molar-refractivity contribution in [3.8, 4) is 5.75 Å². The molecule has 0 bridgehead atoms. The number of hydrogen-bond acceptors (Lipinski definition) is 3. The number of ether oxygens (including phenoxy) is 1. The smallest absolute Gasteiger partial charge is 0.188 e. The normalized spacial score (nSPS) is 17.2. The number of methoxy groups -OCH3 is 1. The van der Waals surface area contributed by atoms with E-state index in [0.717, 1.165) is 18.2 Å². The fraction of sp³-hybridized carbons (Fsp3) is 0.588. The van der Waals surface area contributed by atoms with Crippen molar-refractivity contribution in [2.45, 2.75) is 25.3 Å². The molecule has 1 unspecified atom stereocenters. The minimum absolute atomic E-state index is 0.204. The molecule has 0 heterocycles. The van der Waals surface area contributed by atoms with E-state index in [-0.39, 0.29) is 6.04 Å². The summed E-state index contributed by atoms with van der Waals surface area (Å²) in [5, 5.41) is 3.24. The molecule has 1 aromatic carbocycles. The standard InChI is InChI=1S/C17H28N4O/c1-21(2)16(14-7-9-15(22-3)10-8-14)12-20-17(18)19-11-13-5-4-6-13/h7-10,13,16H,4-6,11-12H2,1-3H3,(H3,18,19,20). The van der Waals surface area contributed by atoms with E-state index in [0.29, 0.717) is 12.5 Å². The molecule has 1 aromatic rings. The molecule has 0 aliphatic heterocycles. The third kappa shape index (κ3) is 4.63. The number of aliphatic imine (C=N–C) groups is 1. The Labute approximate surface area is 133 Å². The van der Waals surface area contributed by atoms with Crippen LogP contribution in [-0.2, 0) is 0 Å². The third-order valence-electron chi connectivity index (χ3n) is 4.36. The van der Waals surface area contributed by atoms with Crippen LogP contribution in [0.5, 0.6) is 5.75 Å². The largest absolute Gasteiger partial charge is 0.497 e. The molecule has 5 nitrogen and oxygen atoms in total. The molecular weight excluding hydrogens is 276 g/mol. The van der Waals surface area contributed by atoms with Crippen LogP contribution in [0.25, 0.3) is 0 Å². The lowest BCUT2D eigenvalue weighted by molar-refractivity contribution is 0.304. The van der Waals surface area contributed by atoms with E-state index in [1.807, 2.05) is 12.1 Å². The Morgan fingerprint density at radius 1 is 1.36 bits per heavy atom. The quantitative estimate of drug-likeness (QED) is 0.597. The number of guanidine groups is 1. The molecule has 122 valence electrons. The van der Waals surface area contributed by atoms with Gasteiger partial charge >= 0.3 is 0 Å². The minimum Gasteiger partial charge on any atom is -0.497 e. The molecule has 2 rings (SSSR count). The first-order valence-corrected chi connectivity index (χ1v) is 7.94. The highest BCUT2D eigenvalue weighted by atomic mass is 16.5. The fourth-order valence-corrected chi connectivity index (χ4v) is 2.58. The van der Waals surface area contributed by atoms with Crippen molar-refractivity contribution in [1.29, 1.82) is 0 Å². The summed E-state index contributed by atoms with van der Waals surface area (Å²) in [6.07, 6.45) is 3.97. The zero-order valence-electron chi connectivity index (χ0n) is 13.9. The van der Waals surface area contributed by atoms with Gasteiger partial charge in [-0.2, -0.15) is 0 Å². The van der Waals surface area contributed by atoms with Crippen molar-refractivity contribution < 1.29 is 4.74 Å². The Bertz CT molecular complexity index is 480. The second-order valence-electron chi connectivity index (χ2n) is 6.16. The summed E-state index contributed by atoms with van der Waals surface area (Å²) in [6, 6.07) is 8.32. The maximum atomic E-state index is 5.97. The predicted molar refractivity (Wildman–Crippen MR) is 91.3 cm³/mol. The molecule has 22 heavy (non-hydrogen) atoms. The molecule has 1 fully saturated rings. The SMILES string of the molecule is COc1ccc(C(CN=C(N)NCC2CCC2)N(C)C)cc1. The molecule has 1 atom stereocenters. The highest BCUT2D eigenvalue weighted by molar-refractivity contribution is 5.77. The Balaban J connectivity index is 1.92. The predicted octanol–water partition coefficient (Wildman–Crippen LogP) is 2.00. The Kier molecular flexibility index (Phi) is 6.07. The van der Waals surface area contributed by atoms with Gasteiger partial charge in [-0.1, -0.05) is 18.6 Å². The number of nitrogens with zero attached hydrogens (tertiary/aromatic N) is 2. The fourth-order valence-electron chi connectivity index (χ4n) is 2.58. The van der Waals surface area contributed by atoms with Crippen molar-refractivity contribution in [3.63, 3.8) is 0 Å². The van der Waals surface area contributed by atoms with Crippen LogP contribution in [0, 0.1) is 5.92 Å². The van der Waals surface area contributed by atoms with Crippen LogP contribution in [-0.4, -0.2) is 45.2 Å². The maximum Gasteiger partial charge on any atom is 0.188 e. The number of benzene rings is 1. The topological polar surface area (TPSA) is 62.9 Å². The van der Waals surface area contributed by atoms with E-state index in [1.54, 1.807) is 7.11 Å². The van der Waals surface area contributed by atoms with Crippen LogP contribution in [0.3, 0.4) is 0 Å². The molecular formula is C17H28N4O. The number of hydrogen-bond donors (Lipinski definition) is 2. The van der Waals surface area contributed by atoms with Gasteiger partial charge in [0.1, 0.15) is 5.75 Å². The highest BCUT2D eigenvalue weighted by Gasteiger charge is 2.17. The van der Waals surface area contributed by atoms with E-state index < -0.39 is 0 Å². The summed E-state index contributed by atoms with van der Waals surface area (Å²) in [6.45, 7) is 1.59. The van der Waals surface area contributed by atoms with Gasteiger partial charge in [-0.25, -0.2) is 0 Å². The molecule has 1 saturated carbocycles. The van der Waals surface area contributed by atoms with E-state index in [1.165, 1.54) is 24.8 Å². The molecule has 1 aliphatic rings. The van der Waals surface area contributed by atoms with Crippen LogP contribution < -0.4 is 15.8 Å². The number of rotatable bonds is 7. The summed E-state index contributed by atoms with van der Waals surface area (Å²) in [4.78, 5) is 6.66. The Morgan fingerprint density at radius 2 is 2.05 bits per heavy atom. The van der Waals surface area contributed by atoms with Crippen LogP contribution in [0.15, 0.2) is 29.3 Å². The lowest BCUT2D eigenvalue weighted by Gasteiger charge is -2.26. The van der Waals surface area contributed by atoms with Gasteiger partial charge in [-0.15, -0.1) is 0 Å². The van der Waals surface area contributed by atoms with Crippen LogP contribution in [0.1, 0.15) is 30.9 Å². The van der Waals surface area contributed by atoms with Crippen molar-refractivity contribution >= 4 is 5.96 Å². The molecule has 3 N–H and O–H groups in total. The van der Waals surface area contributed by atoms with Crippen LogP contribution >= 0.6 is 0 Å². The molecule has 1 aliphatic carbocycles. The summed E-state index contributed by atoms with van der Waals surface area (Å²) >= 11 is 0. The number of nitrogens with two attached hydrogens (primary N) is 1. The van der Waals surface area contributed by atoms with E-state index in [2.05, 4.69) is 41.4 Å². The van der Waals surface area contributed by atoms with Gasteiger partial charge in [0.15, 0.2) is 5.96 Å². The first-order chi connectivity index (χ1) is 10.6. The minimum atomic E-state index is 0.204. The van der Waals surface area contributed by atoms with Gasteiger partial charge < -0.3 is 20.7 Å². The lowest BCUT2D eigenvalue weighted by atomic mass is 9.85. The first kappa shape index (κ1) is 16.6. The number of likely N-dealkylation sites (N-methyl/N-ethyl adjacent to an activating group) is 1. The molecule has 5 heteroatoms. The van der Waals surface area contributed by atoms with Gasteiger partial charge in [-0.3, -0.25) is 4.99 Å². The van der Waals surface area contributed by atoms with Crippen molar-refractivity contribution in [2.75, 3.05) is 34.3 Å². The summed E-state index contributed by atoms with van der Waals surface area (Å²) in [5.74, 6) is 2.19. The summed E-state index contributed by atoms with van der Waals surface area (Å²) in [7, 11) is 5.79. The zero-order valence-corrected chi connectivity index (χ0v) is 13.9. The van der Waals surface area contributed by atoms with Gasteiger partial charge in [0.25, 0.3) is 0 Å². The molecule has 0 amide bonds. The van der Waals surface area contributed by atoms with Crippen LogP contribution in [0.4, 0.5) is 0 Å². The van der Waals surface area contributed by atoms with Gasteiger partial charge in [0, 0.05) is 6.54 Å². The zero-order chi connectivity index (χ0) is 15.9.